The first-order valence-corrected chi connectivity index (χ1v) is 6.41. The summed E-state index contributed by atoms with van der Waals surface area (Å²) in [6.45, 7) is 0. The molecule has 0 bridgehead atoms. The molecule has 0 radical (unpaired) electrons. The van der Waals surface area contributed by atoms with Gasteiger partial charge in [0.1, 0.15) is 5.82 Å². The summed E-state index contributed by atoms with van der Waals surface area (Å²) in [5.41, 5.74) is 0.577. The van der Waals surface area contributed by atoms with Crippen LogP contribution in [0.4, 0.5) is 4.39 Å². The van der Waals surface area contributed by atoms with Crippen molar-refractivity contribution in [3.63, 3.8) is 0 Å². The predicted molar refractivity (Wildman–Crippen MR) is 75.5 cm³/mol. The van der Waals surface area contributed by atoms with Crippen LogP contribution in [-0.4, -0.2) is 11.1 Å². The van der Waals surface area contributed by atoms with Crippen molar-refractivity contribution in [3.8, 4) is 10.4 Å². The van der Waals surface area contributed by atoms with Crippen LogP contribution in [0.2, 0.25) is 0 Å². The Morgan fingerprint density at radius 1 is 1.16 bits per heavy atom. The van der Waals surface area contributed by atoms with Crippen LogP contribution < -0.4 is 0 Å². The third-order valence-electron chi connectivity index (χ3n) is 2.38. The zero-order valence-corrected chi connectivity index (χ0v) is 10.7. The molecule has 0 amide bonds. The summed E-state index contributed by atoms with van der Waals surface area (Å²) < 4.78 is 13.6. The Hall–Kier alpha value is -2.20. The number of carboxylic acids is 1. The molecule has 0 aliphatic heterocycles. The maximum absolute atomic E-state index is 13.6. The van der Waals surface area contributed by atoms with Gasteiger partial charge in [0.05, 0.1) is 0 Å². The number of allylic oxidation sites excluding steroid dienone is 2. The Labute approximate surface area is 114 Å². The second kappa shape index (κ2) is 6.11. The van der Waals surface area contributed by atoms with E-state index in [1.54, 1.807) is 30.4 Å². The van der Waals surface area contributed by atoms with Gasteiger partial charge in [-0.25, -0.2) is 9.18 Å². The quantitative estimate of drug-likeness (QED) is 0.670. The van der Waals surface area contributed by atoms with Crippen LogP contribution in [0.5, 0.6) is 0 Å². The number of benzene rings is 1. The molecule has 0 fully saturated rings. The molecule has 0 saturated carbocycles. The molecule has 2 aromatic rings. The fourth-order valence-corrected chi connectivity index (χ4v) is 2.48. The van der Waals surface area contributed by atoms with Crippen molar-refractivity contribution in [2.24, 2.45) is 0 Å². The first-order valence-electron chi connectivity index (χ1n) is 5.59. The summed E-state index contributed by atoms with van der Waals surface area (Å²) in [5, 5.41) is 8.43. The van der Waals surface area contributed by atoms with E-state index in [1.165, 1.54) is 23.5 Å². The molecule has 0 aliphatic rings. The molecule has 1 N–H and O–H groups in total. The third kappa shape index (κ3) is 3.63. The molecule has 1 aromatic carbocycles. The van der Waals surface area contributed by atoms with Crippen molar-refractivity contribution >= 4 is 23.4 Å². The fraction of sp³-hybridized carbons (Fsp3) is 0. The molecule has 2 rings (SSSR count). The molecular weight excluding hydrogens is 263 g/mol. The highest BCUT2D eigenvalue weighted by Gasteiger charge is 2.05. The number of carbonyl (C=O) groups is 1. The van der Waals surface area contributed by atoms with Crippen LogP contribution >= 0.6 is 11.3 Å². The second-order valence-electron chi connectivity index (χ2n) is 3.74. The fourth-order valence-electron chi connectivity index (χ4n) is 1.54. The zero-order valence-electron chi connectivity index (χ0n) is 9.92. The molecule has 0 atom stereocenters. The van der Waals surface area contributed by atoms with E-state index in [-0.39, 0.29) is 5.82 Å². The molecule has 0 unspecified atom stereocenters. The molecule has 96 valence electrons. The van der Waals surface area contributed by atoms with Gasteiger partial charge in [-0.05, 0) is 24.3 Å². The first kappa shape index (κ1) is 13.2. The Bertz CT molecular complexity index is 641. The van der Waals surface area contributed by atoms with Gasteiger partial charge in [-0.2, -0.15) is 0 Å². The van der Waals surface area contributed by atoms with E-state index in [9.17, 15) is 9.18 Å². The van der Waals surface area contributed by atoms with E-state index in [1.807, 2.05) is 12.1 Å². The third-order valence-corrected chi connectivity index (χ3v) is 3.46. The minimum atomic E-state index is -0.983. The molecule has 1 heterocycles. The largest absolute Gasteiger partial charge is 0.478 e. The van der Waals surface area contributed by atoms with E-state index in [0.717, 1.165) is 15.8 Å². The Kier molecular flexibility index (Phi) is 4.26. The van der Waals surface area contributed by atoms with E-state index in [4.69, 9.17) is 5.11 Å². The topological polar surface area (TPSA) is 37.3 Å². The average Bonchev–Trinajstić information content (AvgIpc) is 2.83. The molecule has 1 aromatic heterocycles. The monoisotopic (exact) mass is 274 g/mol. The SMILES string of the molecule is O=C(O)C=CC=Cc1ccc(-c2ccccc2F)s1. The summed E-state index contributed by atoms with van der Waals surface area (Å²) in [4.78, 5) is 12.1. The summed E-state index contributed by atoms with van der Waals surface area (Å²) in [5.74, 6) is -1.23. The standard InChI is InChI=1S/C15H11FO2S/c16-13-7-3-2-6-12(13)14-10-9-11(19-14)5-1-4-8-15(17)18/h1-10H,(H,17,18). The molecule has 0 aliphatic carbocycles. The van der Waals surface area contributed by atoms with E-state index < -0.39 is 5.97 Å². The molecule has 0 spiro atoms. The molecule has 19 heavy (non-hydrogen) atoms. The van der Waals surface area contributed by atoms with Gasteiger partial charge in [0, 0.05) is 21.4 Å². The van der Waals surface area contributed by atoms with Gasteiger partial charge in [-0.3, -0.25) is 0 Å². The first-order chi connectivity index (χ1) is 9.16. The Morgan fingerprint density at radius 2 is 1.95 bits per heavy atom. The van der Waals surface area contributed by atoms with Crippen molar-refractivity contribution in [3.05, 3.63) is 65.3 Å². The van der Waals surface area contributed by atoms with E-state index in [2.05, 4.69) is 0 Å². The van der Waals surface area contributed by atoms with Crippen molar-refractivity contribution < 1.29 is 14.3 Å². The molecular formula is C15H11FO2S. The predicted octanol–water partition coefficient (Wildman–Crippen LogP) is 4.21. The lowest BCUT2D eigenvalue weighted by atomic mass is 10.2. The maximum atomic E-state index is 13.6. The number of rotatable bonds is 4. The van der Waals surface area contributed by atoms with Crippen LogP contribution in [0.25, 0.3) is 16.5 Å². The second-order valence-corrected chi connectivity index (χ2v) is 4.85. The smallest absolute Gasteiger partial charge is 0.328 e. The number of carboxylic acid groups (broad SMARTS) is 1. The van der Waals surface area contributed by atoms with Crippen molar-refractivity contribution in [2.75, 3.05) is 0 Å². The minimum Gasteiger partial charge on any atom is -0.478 e. The number of thiophene rings is 1. The summed E-state index contributed by atoms with van der Waals surface area (Å²) in [6, 6.07) is 10.3. The van der Waals surface area contributed by atoms with Crippen molar-refractivity contribution in [1.82, 2.24) is 0 Å². The van der Waals surface area contributed by atoms with Gasteiger partial charge >= 0.3 is 5.97 Å². The number of hydrogen-bond donors (Lipinski definition) is 1. The average molecular weight is 274 g/mol. The van der Waals surface area contributed by atoms with Crippen LogP contribution in [-0.2, 0) is 4.79 Å². The molecule has 4 heteroatoms. The molecule has 0 saturated heterocycles. The summed E-state index contributed by atoms with van der Waals surface area (Å²) in [6.07, 6.45) is 5.94. The Morgan fingerprint density at radius 3 is 2.68 bits per heavy atom. The van der Waals surface area contributed by atoms with E-state index in [0.29, 0.717) is 5.56 Å². The minimum absolute atomic E-state index is 0.245. The van der Waals surface area contributed by atoms with Gasteiger partial charge in [0.25, 0.3) is 0 Å². The highest BCUT2D eigenvalue weighted by Crippen LogP contribution is 2.30. The van der Waals surface area contributed by atoms with Gasteiger partial charge < -0.3 is 5.11 Å². The zero-order chi connectivity index (χ0) is 13.7. The maximum Gasteiger partial charge on any atom is 0.328 e. The normalized spacial score (nSPS) is 11.4. The molecule has 2 nitrogen and oxygen atoms in total. The highest BCUT2D eigenvalue weighted by atomic mass is 32.1. The lowest BCUT2D eigenvalue weighted by Gasteiger charge is -1.97. The number of hydrogen-bond acceptors (Lipinski definition) is 2. The summed E-state index contributed by atoms with van der Waals surface area (Å²) in [7, 11) is 0. The van der Waals surface area contributed by atoms with Gasteiger partial charge in [-0.15, -0.1) is 11.3 Å². The lowest BCUT2D eigenvalue weighted by Crippen LogP contribution is -1.84. The number of halogens is 1. The summed E-state index contributed by atoms with van der Waals surface area (Å²) >= 11 is 1.45. The van der Waals surface area contributed by atoms with Crippen LogP contribution in [0, 0.1) is 5.82 Å². The van der Waals surface area contributed by atoms with Crippen molar-refractivity contribution in [2.45, 2.75) is 0 Å². The van der Waals surface area contributed by atoms with Crippen LogP contribution in [0.3, 0.4) is 0 Å². The van der Waals surface area contributed by atoms with Crippen molar-refractivity contribution in [1.29, 1.82) is 0 Å². The number of aliphatic carboxylic acids is 1. The van der Waals surface area contributed by atoms with Crippen LogP contribution in [0.1, 0.15) is 4.88 Å². The highest BCUT2D eigenvalue weighted by molar-refractivity contribution is 7.16. The Balaban J connectivity index is 2.16. The van der Waals surface area contributed by atoms with Gasteiger partial charge in [0.2, 0.25) is 0 Å². The lowest BCUT2D eigenvalue weighted by molar-refractivity contribution is -0.131. The van der Waals surface area contributed by atoms with Gasteiger partial charge in [0.15, 0.2) is 0 Å². The van der Waals surface area contributed by atoms with E-state index >= 15 is 0 Å². The van der Waals surface area contributed by atoms with Gasteiger partial charge in [-0.1, -0.05) is 30.4 Å². The van der Waals surface area contributed by atoms with Crippen LogP contribution in [0.15, 0.2) is 54.6 Å².